The summed E-state index contributed by atoms with van der Waals surface area (Å²) in [5.74, 6) is 0.384. The van der Waals surface area contributed by atoms with Gasteiger partial charge in [-0.1, -0.05) is 11.3 Å². The quantitative estimate of drug-likeness (QED) is 0.888. The molecule has 22 heavy (non-hydrogen) atoms. The van der Waals surface area contributed by atoms with Crippen LogP contribution in [0, 0.1) is 0 Å². The number of rotatable bonds is 3. The topological polar surface area (TPSA) is 72.7 Å². The number of hydrogen-bond donors (Lipinski definition) is 1. The number of thiazole rings is 1. The molecule has 2 aromatic rings. The van der Waals surface area contributed by atoms with Gasteiger partial charge in [0.25, 0.3) is 5.56 Å². The van der Waals surface area contributed by atoms with E-state index in [1.165, 1.54) is 17.4 Å². The third-order valence-corrected chi connectivity index (χ3v) is 4.34. The predicted molar refractivity (Wildman–Crippen MR) is 84.9 cm³/mol. The van der Waals surface area contributed by atoms with Gasteiger partial charge in [-0.25, -0.2) is 0 Å². The number of fused-ring (bicyclic) bond motifs is 1. The SMILES string of the molecule is COc1ccc(NC(=O)/C=c2\sc3n(c2=O)CCCN=3)cc1. The van der Waals surface area contributed by atoms with Gasteiger partial charge in [-0.05, 0) is 30.7 Å². The molecule has 1 aromatic heterocycles. The molecule has 0 radical (unpaired) electrons. The first-order chi connectivity index (χ1) is 10.7. The van der Waals surface area contributed by atoms with E-state index in [9.17, 15) is 9.59 Å². The second-order valence-corrected chi connectivity index (χ2v) is 5.81. The van der Waals surface area contributed by atoms with Crippen LogP contribution < -0.4 is 24.9 Å². The van der Waals surface area contributed by atoms with Crippen molar-refractivity contribution in [3.63, 3.8) is 0 Å². The highest BCUT2D eigenvalue weighted by atomic mass is 32.1. The fourth-order valence-electron chi connectivity index (χ4n) is 2.20. The summed E-state index contributed by atoms with van der Waals surface area (Å²) in [4.78, 5) is 29.2. The Balaban J connectivity index is 1.84. The second kappa shape index (κ2) is 6.15. The van der Waals surface area contributed by atoms with E-state index < -0.39 is 0 Å². The fraction of sp³-hybridized carbons (Fsp3) is 0.267. The van der Waals surface area contributed by atoms with Gasteiger partial charge in [0.15, 0.2) is 4.80 Å². The van der Waals surface area contributed by atoms with Crippen LogP contribution in [0.15, 0.2) is 34.1 Å². The molecule has 0 atom stereocenters. The van der Waals surface area contributed by atoms with E-state index in [4.69, 9.17) is 4.74 Å². The van der Waals surface area contributed by atoms with Crippen LogP contribution in [-0.2, 0) is 11.3 Å². The van der Waals surface area contributed by atoms with Crippen molar-refractivity contribution in [2.45, 2.75) is 13.0 Å². The first-order valence-corrected chi connectivity index (χ1v) is 7.70. The number of benzene rings is 1. The molecule has 0 saturated carbocycles. The number of nitrogens with zero attached hydrogens (tertiary/aromatic N) is 2. The minimum Gasteiger partial charge on any atom is -0.497 e. The molecule has 6 nitrogen and oxygen atoms in total. The van der Waals surface area contributed by atoms with Gasteiger partial charge in [0, 0.05) is 24.9 Å². The van der Waals surface area contributed by atoms with Gasteiger partial charge in [0.05, 0.1) is 7.11 Å². The lowest BCUT2D eigenvalue weighted by Gasteiger charge is -2.03. The lowest BCUT2D eigenvalue weighted by Crippen LogP contribution is -2.34. The van der Waals surface area contributed by atoms with Crippen molar-refractivity contribution in [2.75, 3.05) is 19.0 Å². The Hall–Kier alpha value is -2.41. The van der Waals surface area contributed by atoms with Gasteiger partial charge in [-0.2, -0.15) is 0 Å². The summed E-state index contributed by atoms with van der Waals surface area (Å²) >= 11 is 1.25. The normalized spacial score (nSPS) is 14.1. The summed E-state index contributed by atoms with van der Waals surface area (Å²) in [5.41, 5.74) is 0.501. The first-order valence-electron chi connectivity index (χ1n) is 6.88. The van der Waals surface area contributed by atoms with Crippen molar-refractivity contribution in [3.8, 4) is 5.75 Å². The van der Waals surface area contributed by atoms with Crippen molar-refractivity contribution in [2.24, 2.45) is 4.99 Å². The van der Waals surface area contributed by atoms with Gasteiger partial charge in [-0.3, -0.25) is 19.1 Å². The maximum absolute atomic E-state index is 12.2. The van der Waals surface area contributed by atoms with Crippen LogP contribution in [-0.4, -0.2) is 24.1 Å². The predicted octanol–water partition coefficient (Wildman–Crippen LogP) is 0.361. The van der Waals surface area contributed by atoms with Gasteiger partial charge < -0.3 is 10.1 Å². The molecule has 0 saturated heterocycles. The zero-order valence-corrected chi connectivity index (χ0v) is 12.9. The van der Waals surface area contributed by atoms with Crippen molar-refractivity contribution < 1.29 is 9.53 Å². The van der Waals surface area contributed by atoms with E-state index in [1.807, 2.05) is 0 Å². The molecule has 0 aliphatic carbocycles. The number of anilines is 1. The lowest BCUT2D eigenvalue weighted by molar-refractivity contribution is -0.110. The van der Waals surface area contributed by atoms with E-state index in [2.05, 4.69) is 10.3 Å². The number of aromatic nitrogens is 1. The second-order valence-electron chi connectivity index (χ2n) is 4.80. The van der Waals surface area contributed by atoms with E-state index in [1.54, 1.807) is 35.9 Å². The van der Waals surface area contributed by atoms with E-state index >= 15 is 0 Å². The average molecular weight is 317 g/mol. The zero-order valence-electron chi connectivity index (χ0n) is 12.0. The first kappa shape index (κ1) is 14.5. The molecule has 0 unspecified atom stereocenters. The van der Waals surface area contributed by atoms with Gasteiger partial charge in [0.2, 0.25) is 5.91 Å². The number of amides is 1. The Morgan fingerprint density at radius 3 is 2.86 bits per heavy atom. The Morgan fingerprint density at radius 2 is 2.18 bits per heavy atom. The standard InChI is InChI=1S/C15H15N3O3S/c1-21-11-5-3-10(4-6-11)17-13(19)9-12-14(20)18-8-2-7-16-15(18)22-12/h3-6,9H,2,7-8H2,1H3,(H,17,19)/b12-9-. The molecule has 7 heteroatoms. The molecule has 114 valence electrons. The van der Waals surface area contributed by atoms with Crippen LogP contribution in [0.3, 0.4) is 0 Å². The van der Waals surface area contributed by atoms with Crippen LogP contribution in [0.25, 0.3) is 6.08 Å². The summed E-state index contributed by atoms with van der Waals surface area (Å²) in [7, 11) is 1.58. The zero-order chi connectivity index (χ0) is 15.5. The Bertz CT molecular complexity index is 865. The summed E-state index contributed by atoms with van der Waals surface area (Å²) in [5, 5.41) is 2.73. The number of nitrogens with one attached hydrogen (secondary N) is 1. The molecular formula is C15H15N3O3S. The van der Waals surface area contributed by atoms with Crippen LogP contribution >= 0.6 is 11.3 Å². The molecule has 2 heterocycles. The Labute approximate surface area is 130 Å². The van der Waals surface area contributed by atoms with E-state index in [0.717, 1.165) is 13.0 Å². The maximum Gasteiger partial charge on any atom is 0.270 e. The molecule has 0 spiro atoms. The lowest BCUT2D eigenvalue weighted by atomic mass is 10.3. The maximum atomic E-state index is 12.2. The number of carbonyl (C=O) groups is 1. The molecule has 3 rings (SSSR count). The van der Waals surface area contributed by atoms with Gasteiger partial charge >= 0.3 is 0 Å². The average Bonchev–Trinajstić information content (AvgIpc) is 2.84. The molecule has 1 aliphatic rings. The van der Waals surface area contributed by atoms with Crippen LogP contribution in [0.2, 0.25) is 0 Å². The number of hydrogen-bond acceptors (Lipinski definition) is 5. The smallest absolute Gasteiger partial charge is 0.270 e. The largest absolute Gasteiger partial charge is 0.497 e. The van der Waals surface area contributed by atoms with E-state index in [-0.39, 0.29) is 11.5 Å². The third-order valence-electron chi connectivity index (χ3n) is 3.29. The Kier molecular flexibility index (Phi) is 4.06. The van der Waals surface area contributed by atoms with Crippen molar-refractivity contribution in [1.82, 2.24) is 4.57 Å². The molecule has 1 N–H and O–H groups in total. The van der Waals surface area contributed by atoms with Crippen molar-refractivity contribution in [1.29, 1.82) is 0 Å². The summed E-state index contributed by atoms with van der Waals surface area (Å²) < 4.78 is 7.09. The molecule has 1 aromatic carbocycles. The minimum atomic E-state index is -0.332. The molecule has 0 fully saturated rings. The number of ether oxygens (including phenoxy) is 1. The number of carbonyl (C=O) groups excluding carboxylic acids is 1. The van der Waals surface area contributed by atoms with Crippen LogP contribution in [0.4, 0.5) is 5.69 Å². The molecule has 1 aliphatic heterocycles. The highest BCUT2D eigenvalue weighted by Crippen LogP contribution is 2.14. The monoisotopic (exact) mass is 317 g/mol. The van der Waals surface area contributed by atoms with Crippen molar-refractivity contribution in [3.05, 3.63) is 44.0 Å². The molecule has 0 bridgehead atoms. The molecule has 1 amide bonds. The van der Waals surface area contributed by atoms with Crippen LogP contribution in [0.1, 0.15) is 6.42 Å². The highest BCUT2D eigenvalue weighted by molar-refractivity contribution is 7.07. The summed E-state index contributed by atoms with van der Waals surface area (Å²) in [6, 6.07) is 7.00. The minimum absolute atomic E-state index is 0.145. The fourth-order valence-corrected chi connectivity index (χ4v) is 3.20. The summed E-state index contributed by atoms with van der Waals surface area (Å²) in [6.07, 6.45) is 2.19. The molecular weight excluding hydrogens is 302 g/mol. The van der Waals surface area contributed by atoms with Gasteiger partial charge in [-0.15, -0.1) is 0 Å². The van der Waals surface area contributed by atoms with Crippen LogP contribution in [0.5, 0.6) is 5.75 Å². The third kappa shape index (κ3) is 2.94. The summed E-state index contributed by atoms with van der Waals surface area (Å²) in [6.45, 7) is 1.40. The Morgan fingerprint density at radius 1 is 1.41 bits per heavy atom. The van der Waals surface area contributed by atoms with Gasteiger partial charge in [0.1, 0.15) is 10.3 Å². The van der Waals surface area contributed by atoms with Crippen molar-refractivity contribution >= 4 is 29.0 Å². The highest BCUT2D eigenvalue weighted by Gasteiger charge is 2.09. The van der Waals surface area contributed by atoms with E-state index in [0.29, 0.717) is 27.3 Å². The number of methoxy groups -OCH3 is 1.